The lowest BCUT2D eigenvalue weighted by Crippen LogP contribution is -2.37. The summed E-state index contributed by atoms with van der Waals surface area (Å²) in [6.07, 6.45) is 1.04. The van der Waals surface area contributed by atoms with Gasteiger partial charge in [-0.3, -0.25) is 9.10 Å². The van der Waals surface area contributed by atoms with Gasteiger partial charge in [0.1, 0.15) is 6.54 Å². The maximum atomic E-state index is 12.3. The number of sulfonamides is 1. The van der Waals surface area contributed by atoms with Gasteiger partial charge in [0.05, 0.1) is 23.6 Å². The number of nitrogens with one attached hydrogen (secondary N) is 1. The number of carbonyl (C=O) groups is 1. The number of nitrogens with zero attached hydrogens (tertiary/aromatic N) is 2. The summed E-state index contributed by atoms with van der Waals surface area (Å²) >= 11 is 0. The van der Waals surface area contributed by atoms with Crippen LogP contribution in [0.25, 0.3) is 0 Å². The fourth-order valence-electron chi connectivity index (χ4n) is 2.25. The third-order valence-corrected chi connectivity index (χ3v) is 4.90. The van der Waals surface area contributed by atoms with Crippen molar-refractivity contribution in [2.45, 2.75) is 13.8 Å². The lowest BCUT2D eigenvalue weighted by Gasteiger charge is -2.22. The Hall–Kier alpha value is -2.85. The molecule has 6 nitrogen and oxygen atoms in total. The van der Waals surface area contributed by atoms with Gasteiger partial charge in [-0.05, 0) is 61.4 Å². The Bertz CT molecular complexity index is 929. The Labute approximate surface area is 147 Å². The van der Waals surface area contributed by atoms with E-state index < -0.39 is 15.9 Å². The van der Waals surface area contributed by atoms with E-state index in [4.69, 9.17) is 5.26 Å². The van der Waals surface area contributed by atoms with Crippen molar-refractivity contribution in [1.29, 1.82) is 5.26 Å². The summed E-state index contributed by atoms with van der Waals surface area (Å²) in [7, 11) is -3.65. The summed E-state index contributed by atoms with van der Waals surface area (Å²) in [6.45, 7) is 3.55. The molecule has 0 bridgehead atoms. The van der Waals surface area contributed by atoms with Crippen molar-refractivity contribution in [2.75, 3.05) is 22.4 Å². The number of benzene rings is 2. The minimum atomic E-state index is -3.65. The van der Waals surface area contributed by atoms with Crippen LogP contribution in [0.1, 0.15) is 16.7 Å². The van der Waals surface area contributed by atoms with Gasteiger partial charge >= 0.3 is 0 Å². The molecule has 0 spiro atoms. The van der Waals surface area contributed by atoms with Gasteiger partial charge in [-0.15, -0.1) is 0 Å². The lowest BCUT2D eigenvalue weighted by atomic mass is 10.1. The monoisotopic (exact) mass is 357 g/mol. The van der Waals surface area contributed by atoms with Gasteiger partial charge < -0.3 is 5.32 Å². The number of hydrogen-bond donors (Lipinski definition) is 1. The Morgan fingerprint density at radius 2 is 1.76 bits per heavy atom. The first-order valence-corrected chi connectivity index (χ1v) is 9.40. The van der Waals surface area contributed by atoms with E-state index in [1.807, 2.05) is 32.0 Å². The molecule has 0 aliphatic heterocycles. The van der Waals surface area contributed by atoms with Crippen molar-refractivity contribution in [1.82, 2.24) is 0 Å². The maximum Gasteiger partial charge on any atom is 0.245 e. The van der Waals surface area contributed by atoms with Gasteiger partial charge in [0, 0.05) is 5.69 Å². The molecule has 2 rings (SSSR count). The molecule has 130 valence electrons. The van der Waals surface area contributed by atoms with Crippen LogP contribution in [0, 0.1) is 25.2 Å². The summed E-state index contributed by atoms with van der Waals surface area (Å²) < 4.78 is 25.1. The largest absolute Gasteiger partial charge is 0.325 e. The van der Waals surface area contributed by atoms with Crippen LogP contribution < -0.4 is 9.62 Å². The Morgan fingerprint density at radius 3 is 2.28 bits per heavy atom. The van der Waals surface area contributed by atoms with Gasteiger partial charge in [0.2, 0.25) is 15.9 Å². The van der Waals surface area contributed by atoms with E-state index in [0.717, 1.165) is 21.7 Å². The predicted octanol–water partition coefficient (Wildman–Crippen LogP) is 2.58. The molecule has 0 heterocycles. The third kappa shape index (κ3) is 4.81. The predicted molar refractivity (Wildman–Crippen MR) is 97.9 cm³/mol. The highest BCUT2D eigenvalue weighted by molar-refractivity contribution is 7.92. The maximum absolute atomic E-state index is 12.3. The van der Waals surface area contributed by atoms with Crippen molar-refractivity contribution < 1.29 is 13.2 Å². The average Bonchev–Trinajstić information content (AvgIpc) is 2.55. The molecule has 0 saturated carbocycles. The van der Waals surface area contributed by atoms with Crippen LogP contribution in [0.3, 0.4) is 0 Å². The highest BCUT2D eigenvalue weighted by atomic mass is 32.2. The smallest absolute Gasteiger partial charge is 0.245 e. The van der Waals surface area contributed by atoms with Gasteiger partial charge in [-0.25, -0.2) is 8.42 Å². The molecule has 0 fully saturated rings. The quantitative estimate of drug-likeness (QED) is 0.890. The number of hydrogen-bond acceptors (Lipinski definition) is 4. The molecule has 0 aliphatic rings. The van der Waals surface area contributed by atoms with E-state index >= 15 is 0 Å². The minimum Gasteiger partial charge on any atom is -0.325 e. The fraction of sp³-hybridized carbons (Fsp3) is 0.222. The SMILES string of the molecule is Cc1ccc(NC(=O)CN(c2ccc(C#N)cc2)S(C)(=O)=O)cc1C. The second-order valence-corrected chi connectivity index (χ2v) is 7.68. The first kappa shape index (κ1) is 18.5. The molecule has 0 saturated heterocycles. The second kappa shape index (κ2) is 7.36. The third-order valence-electron chi connectivity index (χ3n) is 3.76. The van der Waals surface area contributed by atoms with Crippen LogP contribution >= 0.6 is 0 Å². The number of amides is 1. The van der Waals surface area contributed by atoms with Crippen LogP contribution in [0.5, 0.6) is 0 Å². The molecule has 0 unspecified atom stereocenters. The average molecular weight is 357 g/mol. The molecule has 0 aliphatic carbocycles. The number of carbonyl (C=O) groups excluding carboxylic acids is 1. The topological polar surface area (TPSA) is 90.3 Å². The van der Waals surface area contributed by atoms with Gasteiger partial charge in [0.25, 0.3) is 0 Å². The molecule has 0 radical (unpaired) electrons. The molecular formula is C18H19N3O3S. The Kier molecular flexibility index (Phi) is 5.45. The highest BCUT2D eigenvalue weighted by Crippen LogP contribution is 2.19. The standard InChI is InChI=1S/C18H19N3O3S/c1-13-4-7-16(10-14(13)2)20-18(22)12-21(25(3,23)24)17-8-5-15(11-19)6-9-17/h4-10H,12H2,1-3H3,(H,20,22). The molecule has 0 atom stereocenters. The number of rotatable bonds is 5. The summed E-state index contributed by atoms with van der Waals surface area (Å²) in [5, 5.41) is 11.5. The molecular weight excluding hydrogens is 338 g/mol. The summed E-state index contributed by atoms with van der Waals surface area (Å²) in [6, 6.07) is 13.5. The van der Waals surface area contributed by atoms with Crippen molar-refractivity contribution in [3.05, 3.63) is 59.2 Å². The molecule has 1 amide bonds. The zero-order valence-electron chi connectivity index (χ0n) is 14.3. The molecule has 2 aromatic carbocycles. The molecule has 0 aromatic heterocycles. The van der Waals surface area contributed by atoms with E-state index in [-0.39, 0.29) is 6.54 Å². The number of anilines is 2. The first-order chi connectivity index (χ1) is 11.7. The van der Waals surface area contributed by atoms with Crippen molar-refractivity contribution in [3.63, 3.8) is 0 Å². The molecule has 2 aromatic rings. The van der Waals surface area contributed by atoms with E-state index in [1.54, 1.807) is 6.07 Å². The van der Waals surface area contributed by atoms with Gasteiger partial charge in [0.15, 0.2) is 0 Å². The normalized spacial score (nSPS) is 10.8. The first-order valence-electron chi connectivity index (χ1n) is 7.55. The highest BCUT2D eigenvalue weighted by Gasteiger charge is 2.21. The van der Waals surface area contributed by atoms with Crippen molar-refractivity contribution in [3.8, 4) is 6.07 Å². The van der Waals surface area contributed by atoms with E-state index in [9.17, 15) is 13.2 Å². The fourth-order valence-corrected chi connectivity index (χ4v) is 3.11. The van der Waals surface area contributed by atoms with E-state index in [2.05, 4.69) is 5.32 Å². The zero-order chi connectivity index (χ0) is 18.6. The molecule has 7 heteroatoms. The summed E-state index contributed by atoms with van der Waals surface area (Å²) in [5.41, 5.74) is 3.49. The Morgan fingerprint density at radius 1 is 1.12 bits per heavy atom. The lowest BCUT2D eigenvalue weighted by molar-refractivity contribution is -0.114. The number of nitriles is 1. The van der Waals surface area contributed by atoms with E-state index in [1.165, 1.54) is 24.3 Å². The van der Waals surface area contributed by atoms with Gasteiger partial charge in [-0.1, -0.05) is 6.07 Å². The van der Waals surface area contributed by atoms with Crippen LogP contribution in [0.15, 0.2) is 42.5 Å². The summed E-state index contributed by atoms with van der Waals surface area (Å²) in [5.74, 6) is -0.446. The number of aryl methyl sites for hydroxylation is 2. The van der Waals surface area contributed by atoms with Crippen molar-refractivity contribution in [2.24, 2.45) is 0 Å². The van der Waals surface area contributed by atoms with Crippen LogP contribution in [-0.4, -0.2) is 27.1 Å². The van der Waals surface area contributed by atoms with Crippen LogP contribution in [-0.2, 0) is 14.8 Å². The zero-order valence-corrected chi connectivity index (χ0v) is 15.1. The molecule has 25 heavy (non-hydrogen) atoms. The van der Waals surface area contributed by atoms with Gasteiger partial charge in [-0.2, -0.15) is 5.26 Å². The molecule has 1 N–H and O–H groups in total. The van der Waals surface area contributed by atoms with Crippen LogP contribution in [0.2, 0.25) is 0 Å². The van der Waals surface area contributed by atoms with E-state index in [0.29, 0.717) is 16.9 Å². The van der Waals surface area contributed by atoms with Crippen LogP contribution in [0.4, 0.5) is 11.4 Å². The minimum absolute atomic E-state index is 0.330. The van der Waals surface area contributed by atoms with Crippen molar-refractivity contribution >= 4 is 27.3 Å². The summed E-state index contributed by atoms with van der Waals surface area (Å²) in [4.78, 5) is 12.3. The Balaban J connectivity index is 2.20. The second-order valence-electron chi connectivity index (χ2n) is 5.78.